The van der Waals surface area contributed by atoms with Crippen molar-refractivity contribution in [3.8, 4) is 5.75 Å². The summed E-state index contributed by atoms with van der Waals surface area (Å²) in [6, 6.07) is 20.1. The number of aryl methyl sites for hydroxylation is 1. The second-order valence-electron chi connectivity index (χ2n) is 8.27. The molecule has 0 atom stereocenters. The quantitative estimate of drug-likeness (QED) is 0.445. The molecule has 9 heteroatoms. The van der Waals surface area contributed by atoms with Crippen molar-refractivity contribution in [1.82, 2.24) is 9.21 Å². The van der Waals surface area contributed by atoms with Crippen LogP contribution in [-0.4, -0.2) is 69.4 Å². The van der Waals surface area contributed by atoms with Crippen LogP contribution in [0.2, 0.25) is 0 Å². The maximum atomic E-state index is 13.1. The number of benzene rings is 3. The van der Waals surface area contributed by atoms with Gasteiger partial charge in [0.15, 0.2) is 6.61 Å². The molecule has 1 heterocycles. The lowest BCUT2D eigenvalue weighted by molar-refractivity contribution is -0.152. The lowest BCUT2D eigenvalue weighted by atomic mass is 10.1. The number of fused-ring (bicyclic) bond motifs is 1. The van der Waals surface area contributed by atoms with Crippen molar-refractivity contribution >= 4 is 32.7 Å². The first kappa shape index (κ1) is 24.7. The van der Waals surface area contributed by atoms with E-state index in [1.807, 2.05) is 48.5 Å². The fourth-order valence-corrected chi connectivity index (χ4v) is 5.56. The van der Waals surface area contributed by atoms with E-state index in [9.17, 15) is 18.0 Å². The number of sulfonamides is 1. The molecule has 0 aromatic heterocycles. The molecule has 3 aromatic rings. The molecule has 1 amide bonds. The number of para-hydroxylation sites is 1. The third kappa shape index (κ3) is 5.80. The van der Waals surface area contributed by atoms with Gasteiger partial charge in [0.05, 0.1) is 12.0 Å². The Labute approximate surface area is 205 Å². The van der Waals surface area contributed by atoms with Crippen LogP contribution in [0.1, 0.15) is 12.0 Å². The lowest BCUT2D eigenvalue weighted by Crippen LogP contribution is -2.51. The molecule has 0 aliphatic carbocycles. The normalized spacial score (nSPS) is 14.6. The standard InChI is InChI=1S/C26H28N2O6S/c1-33-24-9-5-4-7-21(24)11-13-26(30)34-19-25(29)27-14-16-28(17-15-27)35(31,32)23-12-10-20-6-2-3-8-22(20)18-23/h2-10,12,18H,11,13-17,19H2,1H3. The zero-order valence-electron chi connectivity index (χ0n) is 19.6. The van der Waals surface area contributed by atoms with Crippen molar-refractivity contribution in [2.45, 2.75) is 17.7 Å². The molecule has 0 radical (unpaired) electrons. The van der Waals surface area contributed by atoms with E-state index in [4.69, 9.17) is 9.47 Å². The highest BCUT2D eigenvalue weighted by molar-refractivity contribution is 7.89. The summed E-state index contributed by atoms with van der Waals surface area (Å²) in [5, 5.41) is 1.83. The zero-order chi connectivity index (χ0) is 24.8. The van der Waals surface area contributed by atoms with Crippen molar-refractivity contribution in [2.24, 2.45) is 0 Å². The third-order valence-electron chi connectivity index (χ3n) is 6.10. The van der Waals surface area contributed by atoms with Crippen LogP contribution in [0, 0.1) is 0 Å². The first-order valence-electron chi connectivity index (χ1n) is 11.4. The van der Waals surface area contributed by atoms with Gasteiger partial charge in [-0.05, 0) is 41.0 Å². The van der Waals surface area contributed by atoms with E-state index in [1.54, 1.807) is 25.3 Å². The molecule has 3 aromatic carbocycles. The number of ether oxygens (including phenoxy) is 2. The van der Waals surface area contributed by atoms with E-state index < -0.39 is 16.0 Å². The largest absolute Gasteiger partial charge is 0.496 e. The number of carbonyl (C=O) groups excluding carboxylic acids is 2. The molecule has 1 aliphatic heterocycles. The second kappa shape index (κ2) is 10.9. The van der Waals surface area contributed by atoms with Gasteiger partial charge in [0.25, 0.3) is 5.91 Å². The summed E-state index contributed by atoms with van der Waals surface area (Å²) in [7, 11) is -2.10. The van der Waals surface area contributed by atoms with Gasteiger partial charge in [0, 0.05) is 32.6 Å². The number of amides is 1. The minimum Gasteiger partial charge on any atom is -0.496 e. The number of hydrogen-bond acceptors (Lipinski definition) is 6. The molecule has 8 nitrogen and oxygen atoms in total. The molecule has 0 spiro atoms. The minimum absolute atomic E-state index is 0.130. The number of hydrogen-bond donors (Lipinski definition) is 0. The Balaban J connectivity index is 1.26. The molecule has 4 rings (SSSR count). The van der Waals surface area contributed by atoms with E-state index in [0.29, 0.717) is 12.2 Å². The zero-order valence-corrected chi connectivity index (χ0v) is 20.4. The van der Waals surface area contributed by atoms with Crippen molar-refractivity contribution in [3.63, 3.8) is 0 Å². The Morgan fingerprint density at radius 2 is 1.57 bits per heavy atom. The number of piperazine rings is 1. The molecular weight excluding hydrogens is 468 g/mol. The van der Waals surface area contributed by atoms with Crippen LogP contribution in [-0.2, 0) is 30.8 Å². The van der Waals surface area contributed by atoms with Crippen molar-refractivity contribution in [2.75, 3.05) is 39.9 Å². The van der Waals surface area contributed by atoms with Crippen molar-refractivity contribution in [1.29, 1.82) is 0 Å². The maximum absolute atomic E-state index is 13.1. The molecule has 0 unspecified atom stereocenters. The summed E-state index contributed by atoms with van der Waals surface area (Å²) < 4.78 is 38.0. The summed E-state index contributed by atoms with van der Waals surface area (Å²) in [6.07, 6.45) is 0.577. The van der Waals surface area contributed by atoms with E-state index in [-0.39, 0.29) is 50.0 Å². The molecular formula is C26H28N2O6S. The van der Waals surface area contributed by atoms with Crippen LogP contribution in [0.3, 0.4) is 0 Å². The average molecular weight is 497 g/mol. The lowest BCUT2D eigenvalue weighted by Gasteiger charge is -2.33. The van der Waals surface area contributed by atoms with Crippen LogP contribution in [0.4, 0.5) is 0 Å². The van der Waals surface area contributed by atoms with Gasteiger partial charge in [-0.25, -0.2) is 8.42 Å². The number of methoxy groups -OCH3 is 1. The number of esters is 1. The summed E-state index contributed by atoms with van der Waals surface area (Å²) in [6.45, 7) is 0.488. The van der Waals surface area contributed by atoms with Crippen LogP contribution in [0.15, 0.2) is 71.6 Å². The molecule has 0 saturated carbocycles. The highest BCUT2D eigenvalue weighted by Gasteiger charge is 2.30. The van der Waals surface area contributed by atoms with Crippen LogP contribution < -0.4 is 4.74 Å². The van der Waals surface area contributed by atoms with Gasteiger partial charge in [-0.1, -0.05) is 48.5 Å². The van der Waals surface area contributed by atoms with E-state index in [0.717, 1.165) is 16.3 Å². The van der Waals surface area contributed by atoms with Gasteiger partial charge in [0.2, 0.25) is 10.0 Å². The van der Waals surface area contributed by atoms with Gasteiger partial charge in [-0.2, -0.15) is 4.31 Å². The predicted molar refractivity (Wildman–Crippen MR) is 132 cm³/mol. The molecule has 1 fully saturated rings. The fraction of sp³-hybridized carbons (Fsp3) is 0.308. The van der Waals surface area contributed by atoms with Crippen LogP contribution >= 0.6 is 0 Å². The highest BCUT2D eigenvalue weighted by atomic mass is 32.2. The summed E-state index contributed by atoms with van der Waals surface area (Å²) in [4.78, 5) is 26.4. The molecule has 1 aliphatic rings. The number of nitrogens with zero attached hydrogens (tertiary/aromatic N) is 2. The first-order valence-corrected chi connectivity index (χ1v) is 12.9. The Kier molecular flexibility index (Phi) is 7.67. The van der Waals surface area contributed by atoms with Crippen molar-refractivity contribution < 1.29 is 27.5 Å². The van der Waals surface area contributed by atoms with Gasteiger partial charge in [-0.3, -0.25) is 9.59 Å². The van der Waals surface area contributed by atoms with Gasteiger partial charge >= 0.3 is 5.97 Å². The second-order valence-corrected chi connectivity index (χ2v) is 10.2. The minimum atomic E-state index is -3.67. The average Bonchev–Trinajstić information content (AvgIpc) is 2.90. The van der Waals surface area contributed by atoms with Gasteiger partial charge < -0.3 is 14.4 Å². The maximum Gasteiger partial charge on any atom is 0.306 e. The molecule has 0 bridgehead atoms. The number of carbonyl (C=O) groups is 2. The summed E-state index contributed by atoms with van der Waals surface area (Å²) in [5.74, 6) is -0.104. The van der Waals surface area contributed by atoms with Crippen LogP contribution in [0.25, 0.3) is 10.8 Å². The summed E-state index contributed by atoms with van der Waals surface area (Å²) >= 11 is 0. The topological polar surface area (TPSA) is 93.2 Å². The van der Waals surface area contributed by atoms with E-state index >= 15 is 0 Å². The summed E-state index contributed by atoms with van der Waals surface area (Å²) in [5.41, 5.74) is 0.891. The smallest absolute Gasteiger partial charge is 0.306 e. The van der Waals surface area contributed by atoms with Gasteiger partial charge in [-0.15, -0.1) is 0 Å². The molecule has 184 valence electrons. The van der Waals surface area contributed by atoms with Crippen molar-refractivity contribution in [3.05, 3.63) is 72.3 Å². The van der Waals surface area contributed by atoms with E-state index in [1.165, 1.54) is 9.21 Å². The Bertz CT molecular complexity index is 1320. The Morgan fingerprint density at radius 1 is 0.886 bits per heavy atom. The molecule has 1 saturated heterocycles. The van der Waals surface area contributed by atoms with Gasteiger partial charge in [0.1, 0.15) is 5.75 Å². The predicted octanol–water partition coefficient (Wildman–Crippen LogP) is 2.86. The third-order valence-corrected chi connectivity index (χ3v) is 7.99. The Hall–Kier alpha value is -3.43. The fourth-order valence-electron chi connectivity index (χ4n) is 4.11. The SMILES string of the molecule is COc1ccccc1CCC(=O)OCC(=O)N1CCN(S(=O)(=O)c2ccc3ccccc3c2)CC1. The number of rotatable bonds is 8. The van der Waals surface area contributed by atoms with Crippen LogP contribution in [0.5, 0.6) is 5.75 Å². The Morgan fingerprint density at radius 3 is 2.31 bits per heavy atom. The van der Waals surface area contributed by atoms with E-state index in [2.05, 4.69) is 0 Å². The first-order chi connectivity index (χ1) is 16.9. The molecule has 0 N–H and O–H groups in total. The molecule has 35 heavy (non-hydrogen) atoms. The highest BCUT2D eigenvalue weighted by Crippen LogP contribution is 2.23. The monoisotopic (exact) mass is 496 g/mol.